The van der Waals surface area contributed by atoms with Crippen molar-refractivity contribution in [2.24, 2.45) is 0 Å². The average molecular weight is 319 g/mol. The van der Waals surface area contributed by atoms with Gasteiger partial charge in [0.15, 0.2) is 0 Å². The molecule has 0 aliphatic rings. The van der Waals surface area contributed by atoms with Crippen LogP contribution in [0, 0.1) is 0 Å². The fourth-order valence-corrected chi connectivity index (χ4v) is 2.85. The lowest BCUT2D eigenvalue weighted by atomic mass is 9.93. The Bertz CT molecular complexity index is 861. The highest BCUT2D eigenvalue weighted by atomic mass is 16.5. The third-order valence-corrected chi connectivity index (χ3v) is 4.27. The van der Waals surface area contributed by atoms with E-state index in [1.54, 1.807) is 7.11 Å². The Morgan fingerprint density at radius 2 is 1.58 bits per heavy atom. The van der Waals surface area contributed by atoms with Crippen LogP contribution in [0.2, 0.25) is 0 Å². The Balaban J connectivity index is 1.89. The molecule has 3 heteroatoms. The van der Waals surface area contributed by atoms with E-state index in [9.17, 15) is 4.79 Å². The van der Waals surface area contributed by atoms with Crippen LogP contribution in [0.3, 0.4) is 0 Å². The molecule has 0 spiro atoms. The fraction of sp³-hybridized carbons (Fsp3) is 0.190. The molecule has 0 aliphatic carbocycles. The summed E-state index contributed by atoms with van der Waals surface area (Å²) in [5.74, 6) is 0.725. The van der Waals surface area contributed by atoms with E-state index in [4.69, 9.17) is 4.74 Å². The van der Waals surface area contributed by atoms with Crippen LogP contribution in [0.4, 0.5) is 0 Å². The van der Waals surface area contributed by atoms with E-state index in [1.165, 1.54) is 0 Å². The number of amides is 1. The van der Waals surface area contributed by atoms with Crippen LogP contribution in [-0.2, 0) is 5.54 Å². The van der Waals surface area contributed by atoms with Crippen molar-refractivity contribution in [1.29, 1.82) is 0 Å². The highest BCUT2D eigenvalue weighted by Crippen LogP contribution is 2.25. The summed E-state index contributed by atoms with van der Waals surface area (Å²) in [5, 5.41) is 5.16. The number of fused-ring (bicyclic) bond motifs is 1. The third-order valence-electron chi connectivity index (χ3n) is 4.27. The van der Waals surface area contributed by atoms with Crippen LogP contribution < -0.4 is 10.1 Å². The first kappa shape index (κ1) is 16.1. The molecule has 0 saturated carbocycles. The van der Waals surface area contributed by atoms with Gasteiger partial charge in [-0.1, -0.05) is 48.5 Å². The van der Waals surface area contributed by atoms with Gasteiger partial charge in [-0.2, -0.15) is 0 Å². The zero-order chi connectivity index (χ0) is 17.2. The zero-order valence-corrected chi connectivity index (χ0v) is 14.2. The van der Waals surface area contributed by atoms with Gasteiger partial charge < -0.3 is 10.1 Å². The van der Waals surface area contributed by atoms with Gasteiger partial charge in [0.2, 0.25) is 0 Å². The van der Waals surface area contributed by atoms with Crippen molar-refractivity contribution < 1.29 is 9.53 Å². The molecule has 122 valence electrons. The molecule has 3 nitrogen and oxygen atoms in total. The van der Waals surface area contributed by atoms with E-state index in [2.05, 4.69) is 5.32 Å². The molecule has 0 saturated heterocycles. The van der Waals surface area contributed by atoms with Gasteiger partial charge in [0, 0.05) is 5.56 Å². The lowest BCUT2D eigenvalue weighted by Crippen LogP contribution is -2.41. The van der Waals surface area contributed by atoms with Gasteiger partial charge in [0.05, 0.1) is 12.6 Å². The molecule has 3 aromatic rings. The number of nitrogens with one attached hydrogen (secondary N) is 1. The maximum absolute atomic E-state index is 12.8. The lowest BCUT2D eigenvalue weighted by Gasteiger charge is -2.27. The molecule has 0 bridgehead atoms. The quantitative estimate of drug-likeness (QED) is 0.768. The fourth-order valence-electron chi connectivity index (χ4n) is 2.85. The summed E-state index contributed by atoms with van der Waals surface area (Å²) in [6.45, 7) is 4.00. The van der Waals surface area contributed by atoms with Crippen molar-refractivity contribution in [2.75, 3.05) is 7.11 Å². The summed E-state index contributed by atoms with van der Waals surface area (Å²) in [4.78, 5) is 12.8. The van der Waals surface area contributed by atoms with E-state index < -0.39 is 5.54 Å². The molecular weight excluding hydrogens is 298 g/mol. The van der Waals surface area contributed by atoms with Gasteiger partial charge in [-0.15, -0.1) is 0 Å². The minimum atomic E-state index is -0.486. The molecule has 0 unspecified atom stereocenters. The Morgan fingerprint density at radius 1 is 0.917 bits per heavy atom. The molecular formula is C21H21NO2. The second kappa shape index (κ2) is 6.36. The van der Waals surface area contributed by atoms with Crippen molar-refractivity contribution in [3.05, 3.63) is 77.9 Å². The Kier molecular flexibility index (Phi) is 4.26. The minimum absolute atomic E-state index is 0.0763. The Morgan fingerprint density at radius 3 is 2.29 bits per heavy atom. The van der Waals surface area contributed by atoms with Crippen LogP contribution in [-0.4, -0.2) is 13.0 Å². The van der Waals surface area contributed by atoms with Gasteiger partial charge in [-0.05, 0) is 48.4 Å². The van der Waals surface area contributed by atoms with Gasteiger partial charge in [-0.3, -0.25) is 4.79 Å². The first-order valence-corrected chi connectivity index (χ1v) is 7.96. The summed E-state index contributed by atoms with van der Waals surface area (Å²) >= 11 is 0. The maximum atomic E-state index is 12.8. The van der Waals surface area contributed by atoms with Gasteiger partial charge in [0.25, 0.3) is 5.91 Å². The minimum Gasteiger partial charge on any atom is -0.497 e. The number of methoxy groups -OCH3 is 1. The van der Waals surface area contributed by atoms with Crippen molar-refractivity contribution in [3.63, 3.8) is 0 Å². The van der Waals surface area contributed by atoms with E-state index in [-0.39, 0.29) is 5.91 Å². The first-order valence-electron chi connectivity index (χ1n) is 7.96. The zero-order valence-electron chi connectivity index (χ0n) is 14.2. The Hall–Kier alpha value is -2.81. The molecule has 0 radical (unpaired) electrons. The topological polar surface area (TPSA) is 38.3 Å². The van der Waals surface area contributed by atoms with E-state index in [0.29, 0.717) is 5.56 Å². The monoisotopic (exact) mass is 319 g/mol. The summed E-state index contributed by atoms with van der Waals surface area (Å²) in [7, 11) is 1.64. The summed E-state index contributed by atoms with van der Waals surface area (Å²) in [6.07, 6.45) is 0. The number of carbonyl (C=O) groups is 1. The number of hydrogen-bond donors (Lipinski definition) is 1. The molecule has 0 fully saturated rings. The molecule has 3 aromatic carbocycles. The van der Waals surface area contributed by atoms with Crippen molar-refractivity contribution in [3.8, 4) is 5.75 Å². The predicted octanol–water partition coefficient (Wildman–Crippen LogP) is 4.51. The molecule has 3 rings (SSSR count). The van der Waals surface area contributed by atoms with Crippen LogP contribution in [0.25, 0.3) is 10.8 Å². The summed E-state index contributed by atoms with van der Waals surface area (Å²) in [6, 6.07) is 21.5. The number of ether oxygens (including phenoxy) is 1. The summed E-state index contributed by atoms with van der Waals surface area (Å²) in [5.41, 5.74) is 1.23. The number of carbonyl (C=O) groups excluding carboxylic acids is 1. The molecule has 0 aliphatic heterocycles. The van der Waals surface area contributed by atoms with Crippen molar-refractivity contribution in [2.45, 2.75) is 19.4 Å². The van der Waals surface area contributed by atoms with E-state index in [1.807, 2.05) is 80.6 Å². The number of hydrogen-bond acceptors (Lipinski definition) is 2. The molecule has 0 heterocycles. The van der Waals surface area contributed by atoms with Gasteiger partial charge in [-0.25, -0.2) is 0 Å². The molecule has 1 amide bonds. The largest absolute Gasteiger partial charge is 0.497 e. The van der Waals surface area contributed by atoms with Crippen LogP contribution >= 0.6 is 0 Å². The highest BCUT2D eigenvalue weighted by Gasteiger charge is 2.24. The third kappa shape index (κ3) is 3.11. The number of rotatable bonds is 4. The maximum Gasteiger partial charge on any atom is 0.252 e. The second-order valence-corrected chi connectivity index (χ2v) is 6.33. The molecule has 1 N–H and O–H groups in total. The summed E-state index contributed by atoms with van der Waals surface area (Å²) < 4.78 is 5.19. The van der Waals surface area contributed by atoms with E-state index in [0.717, 1.165) is 22.1 Å². The normalized spacial score (nSPS) is 11.3. The smallest absolute Gasteiger partial charge is 0.252 e. The predicted molar refractivity (Wildman–Crippen MR) is 97.4 cm³/mol. The van der Waals surface area contributed by atoms with Gasteiger partial charge in [0.1, 0.15) is 5.75 Å². The van der Waals surface area contributed by atoms with E-state index >= 15 is 0 Å². The number of benzene rings is 3. The molecule has 0 atom stereocenters. The standard InChI is InChI=1S/C21H21NO2/c1-21(2,16-11-13-17(24-3)14-12-16)22-20(23)19-10-6-8-15-7-4-5-9-18(15)19/h4-14H,1-3H3,(H,22,23). The van der Waals surface area contributed by atoms with Crippen LogP contribution in [0.15, 0.2) is 66.7 Å². The van der Waals surface area contributed by atoms with Crippen molar-refractivity contribution >= 4 is 16.7 Å². The second-order valence-electron chi connectivity index (χ2n) is 6.33. The Labute approximate surface area is 142 Å². The van der Waals surface area contributed by atoms with Crippen LogP contribution in [0.5, 0.6) is 5.75 Å². The lowest BCUT2D eigenvalue weighted by molar-refractivity contribution is 0.0914. The average Bonchev–Trinajstić information content (AvgIpc) is 2.61. The van der Waals surface area contributed by atoms with Crippen molar-refractivity contribution in [1.82, 2.24) is 5.32 Å². The van der Waals surface area contributed by atoms with Crippen LogP contribution in [0.1, 0.15) is 29.8 Å². The first-order chi connectivity index (χ1) is 11.5. The van der Waals surface area contributed by atoms with Gasteiger partial charge >= 0.3 is 0 Å². The molecule has 24 heavy (non-hydrogen) atoms. The molecule has 0 aromatic heterocycles. The SMILES string of the molecule is COc1ccc(C(C)(C)NC(=O)c2cccc3ccccc23)cc1. The highest BCUT2D eigenvalue weighted by molar-refractivity contribution is 6.07.